The summed E-state index contributed by atoms with van der Waals surface area (Å²) in [6, 6.07) is 4.28. The number of methoxy groups -OCH3 is 1. The molecule has 2 N–H and O–H groups in total. The van der Waals surface area contributed by atoms with E-state index in [0.29, 0.717) is 12.5 Å². The van der Waals surface area contributed by atoms with Crippen LogP contribution >= 0.6 is 0 Å². The van der Waals surface area contributed by atoms with Crippen LogP contribution in [0.25, 0.3) is 0 Å². The van der Waals surface area contributed by atoms with E-state index >= 15 is 0 Å². The molecule has 0 aromatic heterocycles. The van der Waals surface area contributed by atoms with Crippen molar-refractivity contribution in [3.05, 3.63) is 23.8 Å². The van der Waals surface area contributed by atoms with Crippen LogP contribution in [0.15, 0.2) is 23.1 Å². The molecule has 1 saturated carbocycles. The van der Waals surface area contributed by atoms with Crippen molar-refractivity contribution < 1.29 is 17.9 Å². The molecular weight excluding hydrogens is 292 g/mol. The third kappa shape index (κ3) is 2.30. The van der Waals surface area contributed by atoms with E-state index in [2.05, 4.69) is 4.74 Å². The summed E-state index contributed by atoms with van der Waals surface area (Å²) in [6.07, 6.45) is 2.97. The molecule has 1 aromatic rings. The third-order valence-electron chi connectivity index (χ3n) is 4.38. The van der Waals surface area contributed by atoms with Gasteiger partial charge in [-0.2, -0.15) is 4.31 Å². The lowest BCUT2D eigenvalue weighted by molar-refractivity contribution is 0.0600. The Hall–Kier alpha value is -1.60. The van der Waals surface area contributed by atoms with Gasteiger partial charge in [-0.1, -0.05) is 0 Å². The molecule has 114 valence electrons. The number of rotatable bonds is 3. The topological polar surface area (TPSA) is 89.7 Å². The van der Waals surface area contributed by atoms with Gasteiger partial charge in [0.15, 0.2) is 0 Å². The third-order valence-corrected chi connectivity index (χ3v) is 6.37. The number of anilines is 1. The molecule has 7 heteroatoms. The number of nitrogens with two attached hydrogens (primary N) is 1. The predicted molar refractivity (Wildman–Crippen MR) is 77.2 cm³/mol. The molecule has 1 heterocycles. The van der Waals surface area contributed by atoms with Gasteiger partial charge in [0, 0.05) is 12.6 Å². The van der Waals surface area contributed by atoms with E-state index in [1.54, 1.807) is 4.31 Å². The molecule has 1 aliphatic heterocycles. The number of ether oxygens (including phenoxy) is 1. The van der Waals surface area contributed by atoms with Crippen molar-refractivity contribution in [2.75, 3.05) is 19.4 Å². The fourth-order valence-corrected chi connectivity index (χ4v) is 5.17. The first-order valence-corrected chi connectivity index (χ1v) is 8.37. The van der Waals surface area contributed by atoms with Crippen molar-refractivity contribution in [1.29, 1.82) is 0 Å². The minimum atomic E-state index is -3.59. The number of hydrogen-bond acceptors (Lipinski definition) is 5. The lowest BCUT2D eigenvalue weighted by atomic mass is 10.1. The summed E-state index contributed by atoms with van der Waals surface area (Å²) in [4.78, 5) is 11.5. The number of piperidine rings is 1. The van der Waals surface area contributed by atoms with Crippen LogP contribution in [0.4, 0.5) is 5.69 Å². The number of hydrogen-bond donors (Lipinski definition) is 1. The van der Waals surface area contributed by atoms with Crippen molar-refractivity contribution in [2.24, 2.45) is 5.92 Å². The van der Waals surface area contributed by atoms with Crippen LogP contribution in [0.1, 0.15) is 29.6 Å². The number of nitrogen functional groups attached to an aromatic ring is 1. The zero-order chi connectivity index (χ0) is 15.2. The van der Waals surface area contributed by atoms with Crippen LogP contribution in [0.5, 0.6) is 0 Å². The van der Waals surface area contributed by atoms with Crippen molar-refractivity contribution in [3.8, 4) is 0 Å². The fraction of sp³-hybridized carbons (Fsp3) is 0.500. The molecule has 21 heavy (non-hydrogen) atoms. The second-order valence-corrected chi connectivity index (χ2v) is 7.51. The van der Waals surface area contributed by atoms with Gasteiger partial charge in [0.1, 0.15) is 4.90 Å². The Morgan fingerprint density at radius 1 is 1.38 bits per heavy atom. The second-order valence-electron chi connectivity index (χ2n) is 5.65. The summed E-state index contributed by atoms with van der Waals surface area (Å²) >= 11 is 0. The van der Waals surface area contributed by atoms with Crippen molar-refractivity contribution >= 4 is 21.7 Å². The monoisotopic (exact) mass is 310 g/mol. The average Bonchev–Trinajstić information content (AvgIpc) is 3.09. The molecule has 2 unspecified atom stereocenters. The van der Waals surface area contributed by atoms with Gasteiger partial charge < -0.3 is 10.5 Å². The molecule has 2 atom stereocenters. The smallest absolute Gasteiger partial charge is 0.337 e. The van der Waals surface area contributed by atoms with Gasteiger partial charge in [0.25, 0.3) is 0 Å². The van der Waals surface area contributed by atoms with Crippen molar-refractivity contribution in [1.82, 2.24) is 4.31 Å². The van der Waals surface area contributed by atoms with Crippen LogP contribution in [-0.2, 0) is 14.8 Å². The number of fused-ring (bicyclic) bond motifs is 2. The molecule has 0 radical (unpaired) electrons. The standard InChI is InChI=1S/C14H18N2O4S/c1-20-14(17)10-3-5-13(12(15)7-10)21(18,19)16-8-9-2-4-11(16)6-9/h3,5,7,9,11H,2,4,6,8,15H2,1H3. The van der Waals surface area contributed by atoms with Gasteiger partial charge in [-0.25, -0.2) is 13.2 Å². The van der Waals surface area contributed by atoms with E-state index in [4.69, 9.17) is 5.73 Å². The van der Waals surface area contributed by atoms with E-state index in [1.165, 1.54) is 25.3 Å². The maximum absolute atomic E-state index is 12.7. The molecule has 6 nitrogen and oxygen atoms in total. The van der Waals surface area contributed by atoms with Gasteiger partial charge >= 0.3 is 5.97 Å². The summed E-state index contributed by atoms with van der Waals surface area (Å²) < 4.78 is 31.6. The summed E-state index contributed by atoms with van der Waals surface area (Å²) in [5, 5.41) is 0. The first-order chi connectivity index (χ1) is 9.93. The molecular formula is C14H18N2O4S. The summed E-state index contributed by atoms with van der Waals surface area (Å²) in [5.41, 5.74) is 6.18. The van der Waals surface area contributed by atoms with Crippen LogP contribution in [0.3, 0.4) is 0 Å². The first kappa shape index (κ1) is 14.3. The van der Waals surface area contributed by atoms with Gasteiger partial charge in [0.05, 0.1) is 18.4 Å². The minimum absolute atomic E-state index is 0.0719. The number of carbonyl (C=O) groups is 1. The molecule has 0 amide bonds. The average molecular weight is 310 g/mol. The van der Waals surface area contributed by atoms with E-state index in [1.807, 2.05) is 0 Å². The molecule has 2 bridgehead atoms. The number of benzene rings is 1. The predicted octanol–water partition coefficient (Wildman–Crippen LogP) is 1.23. The lowest BCUT2D eigenvalue weighted by Gasteiger charge is -2.26. The lowest BCUT2D eigenvalue weighted by Crippen LogP contribution is -2.37. The maximum Gasteiger partial charge on any atom is 0.337 e. The summed E-state index contributed by atoms with van der Waals surface area (Å²) in [7, 11) is -2.33. The normalized spacial score (nSPS) is 25.2. The van der Waals surface area contributed by atoms with Gasteiger partial charge in [0.2, 0.25) is 10.0 Å². The Morgan fingerprint density at radius 3 is 2.67 bits per heavy atom. The van der Waals surface area contributed by atoms with Crippen molar-refractivity contribution in [3.63, 3.8) is 0 Å². The van der Waals surface area contributed by atoms with E-state index in [9.17, 15) is 13.2 Å². The van der Waals surface area contributed by atoms with Gasteiger partial charge in [-0.3, -0.25) is 0 Å². The Kier molecular flexibility index (Phi) is 3.41. The molecule has 1 saturated heterocycles. The molecule has 2 fully saturated rings. The highest BCUT2D eigenvalue weighted by Crippen LogP contribution is 2.41. The van der Waals surface area contributed by atoms with E-state index < -0.39 is 16.0 Å². The molecule has 1 aromatic carbocycles. The summed E-state index contributed by atoms with van der Waals surface area (Å²) in [5.74, 6) is -0.0637. The Morgan fingerprint density at radius 2 is 2.14 bits per heavy atom. The first-order valence-electron chi connectivity index (χ1n) is 6.93. The molecule has 1 aliphatic carbocycles. The quantitative estimate of drug-likeness (QED) is 0.670. The van der Waals surface area contributed by atoms with E-state index in [-0.39, 0.29) is 22.2 Å². The van der Waals surface area contributed by atoms with Crippen LogP contribution < -0.4 is 5.73 Å². The highest BCUT2D eigenvalue weighted by atomic mass is 32.2. The number of carbonyl (C=O) groups excluding carboxylic acids is 1. The fourth-order valence-electron chi connectivity index (χ4n) is 3.33. The largest absolute Gasteiger partial charge is 0.465 e. The number of nitrogens with zero attached hydrogens (tertiary/aromatic N) is 1. The minimum Gasteiger partial charge on any atom is -0.465 e. The van der Waals surface area contributed by atoms with Crippen LogP contribution in [-0.4, -0.2) is 38.4 Å². The SMILES string of the molecule is COC(=O)c1ccc(S(=O)(=O)N2CC3CCC2C3)c(N)c1. The van der Waals surface area contributed by atoms with Crippen LogP contribution in [0, 0.1) is 5.92 Å². The number of esters is 1. The van der Waals surface area contributed by atoms with E-state index in [0.717, 1.165) is 19.3 Å². The Labute approximate surface area is 123 Å². The molecule has 2 aliphatic rings. The summed E-state index contributed by atoms with van der Waals surface area (Å²) in [6.45, 7) is 0.575. The molecule has 3 rings (SSSR count). The Balaban J connectivity index is 1.94. The highest BCUT2D eigenvalue weighted by molar-refractivity contribution is 7.89. The highest BCUT2D eigenvalue weighted by Gasteiger charge is 2.44. The number of sulfonamides is 1. The van der Waals surface area contributed by atoms with Crippen molar-refractivity contribution in [2.45, 2.75) is 30.2 Å². The zero-order valence-electron chi connectivity index (χ0n) is 11.8. The van der Waals surface area contributed by atoms with Crippen LogP contribution in [0.2, 0.25) is 0 Å². The second kappa shape index (κ2) is 4.99. The van der Waals surface area contributed by atoms with Gasteiger partial charge in [-0.15, -0.1) is 0 Å². The molecule has 0 spiro atoms. The Bertz CT molecular complexity index is 686. The zero-order valence-corrected chi connectivity index (χ0v) is 12.6. The maximum atomic E-state index is 12.7. The van der Waals surface area contributed by atoms with Gasteiger partial charge in [-0.05, 0) is 43.4 Å².